The van der Waals surface area contributed by atoms with E-state index in [1.807, 2.05) is 6.92 Å². The summed E-state index contributed by atoms with van der Waals surface area (Å²) in [5.41, 5.74) is 1.51. The fraction of sp³-hybridized carbons (Fsp3) is 0.300. The molecular formula is C20H18F2O3. The second-order valence-corrected chi connectivity index (χ2v) is 6.11. The van der Waals surface area contributed by atoms with Crippen molar-refractivity contribution >= 4 is 11.6 Å². The Morgan fingerprint density at radius 1 is 1.04 bits per heavy atom. The van der Waals surface area contributed by atoms with E-state index >= 15 is 0 Å². The highest BCUT2D eigenvalue weighted by Crippen LogP contribution is 2.34. The van der Waals surface area contributed by atoms with E-state index in [2.05, 4.69) is 0 Å². The zero-order valence-corrected chi connectivity index (χ0v) is 13.9. The van der Waals surface area contributed by atoms with Crippen molar-refractivity contribution in [3.8, 4) is 11.5 Å². The van der Waals surface area contributed by atoms with Crippen LogP contribution in [0.2, 0.25) is 0 Å². The average molecular weight is 344 g/mol. The lowest BCUT2D eigenvalue weighted by molar-refractivity contribution is -0.131. The van der Waals surface area contributed by atoms with Crippen LogP contribution in [0.25, 0.3) is 0 Å². The van der Waals surface area contributed by atoms with Gasteiger partial charge in [0.15, 0.2) is 11.6 Å². The topological polar surface area (TPSA) is 43.4 Å². The van der Waals surface area contributed by atoms with E-state index in [9.17, 15) is 18.4 Å². The number of carbonyl (C=O) groups is 2. The van der Waals surface area contributed by atoms with Crippen molar-refractivity contribution < 1.29 is 23.1 Å². The van der Waals surface area contributed by atoms with Gasteiger partial charge in [-0.25, -0.2) is 8.78 Å². The summed E-state index contributed by atoms with van der Waals surface area (Å²) >= 11 is 0. The highest BCUT2D eigenvalue weighted by atomic mass is 19.1. The summed E-state index contributed by atoms with van der Waals surface area (Å²) in [6.45, 7) is 1.94. The highest BCUT2D eigenvalue weighted by molar-refractivity contribution is 6.09. The molecule has 1 aliphatic carbocycles. The molecule has 0 aromatic heterocycles. The summed E-state index contributed by atoms with van der Waals surface area (Å²) in [6, 6.07) is 8.10. The Labute approximate surface area is 144 Å². The monoisotopic (exact) mass is 344 g/mol. The molecule has 1 aliphatic rings. The first-order valence-corrected chi connectivity index (χ1v) is 8.30. The molecule has 0 spiro atoms. The Balaban J connectivity index is 1.97. The van der Waals surface area contributed by atoms with Crippen LogP contribution < -0.4 is 4.74 Å². The number of rotatable bonds is 4. The Bertz CT molecular complexity index is 814. The van der Waals surface area contributed by atoms with Gasteiger partial charge in [0.1, 0.15) is 29.1 Å². The first-order valence-electron chi connectivity index (χ1n) is 8.30. The molecule has 0 unspecified atom stereocenters. The molecule has 0 amide bonds. The van der Waals surface area contributed by atoms with Gasteiger partial charge >= 0.3 is 0 Å². The number of aryl methyl sites for hydroxylation is 1. The van der Waals surface area contributed by atoms with E-state index < -0.39 is 17.6 Å². The standard InChI is InChI=1S/C20H18F2O3/c1-2-12-6-8-14(25-19-9-7-13(21)10-16(19)22)11-15(12)20-17(23)4-3-5-18(20)24/h6-11,20H,2-5H2,1H3. The number of hydrogen-bond donors (Lipinski definition) is 0. The molecule has 1 fully saturated rings. The van der Waals surface area contributed by atoms with Gasteiger partial charge in [-0.15, -0.1) is 0 Å². The van der Waals surface area contributed by atoms with Crippen LogP contribution in [0.15, 0.2) is 36.4 Å². The predicted molar refractivity (Wildman–Crippen MR) is 88.9 cm³/mol. The number of halogens is 2. The molecule has 0 heterocycles. The Morgan fingerprint density at radius 2 is 1.76 bits per heavy atom. The lowest BCUT2D eigenvalue weighted by atomic mass is 9.79. The first-order chi connectivity index (χ1) is 12.0. The summed E-state index contributed by atoms with van der Waals surface area (Å²) in [5.74, 6) is -2.25. The molecule has 3 rings (SSSR count). The van der Waals surface area contributed by atoms with Crippen molar-refractivity contribution in [2.45, 2.75) is 38.5 Å². The van der Waals surface area contributed by atoms with E-state index in [0.29, 0.717) is 37.0 Å². The third kappa shape index (κ3) is 3.60. The van der Waals surface area contributed by atoms with Gasteiger partial charge in [0, 0.05) is 18.9 Å². The molecule has 5 heteroatoms. The number of hydrogen-bond acceptors (Lipinski definition) is 3. The van der Waals surface area contributed by atoms with E-state index in [-0.39, 0.29) is 17.3 Å². The van der Waals surface area contributed by atoms with Gasteiger partial charge in [0.25, 0.3) is 0 Å². The van der Waals surface area contributed by atoms with Gasteiger partial charge in [-0.2, -0.15) is 0 Å². The van der Waals surface area contributed by atoms with Crippen LogP contribution in [-0.4, -0.2) is 11.6 Å². The van der Waals surface area contributed by atoms with Crippen molar-refractivity contribution in [3.63, 3.8) is 0 Å². The number of carbonyl (C=O) groups excluding carboxylic acids is 2. The Morgan fingerprint density at radius 3 is 2.40 bits per heavy atom. The minimum absolute atomic E-state index is 0.0870. The summed E-state index contributed by atoms with van der Waals surface area (Å²) in [6.07, 6.45) is 2.03. The summed E-state index contributed by atoms with van der Waals surface area (Å²) in [7, 11) is 0. The van der Waals surface area contributed by atoms with E-state index in [1.165, 1.54) is 6.07 Å². The van der Waals surface area contributed by atoms with Crippen molar-refractivity contribution in [3.05, 3.63) is 59.2 Å². The molecule has 0 atom stereocenters. The van der Waals surface area contributed by atoms with Crippen molar-refractivity contribution in [1.29, 1.82) is 0 Å². The van der Waals surface area contributed by atoms with E-state index in [0.717, 1.165) is 17.7 Å². The number of Topliss-reactive ketones (excluding diaryl/α,β-unsaturated/α-hetero) is 2. The molecule has 0 aliphatic heterocycles. The fourth-order valence-electron chi connectivity index (χ4n) is 3.16. The number of ketones is 2. The van der Waals surface area contributed by atoms with Crippen molar-refractivity contribution in [2.24, 2.45) is 0 Å². The zero-order chi connectivity index (χ0) is 18.0. The quantitative estimate of drug-likeness (QED) is 0.754. The molecule has 2 aromatic carbocycles. The maximum Gasteiger partial charge on any atom is 0.168 e. The van der Waals surface area contributed by atoms with Gasteiger partial charge in [-0.3, -0.25) is 9.59 Å². The van der Waals surface area contributed by atoms with Crippen LogP contribution in [-0.2, 0) is 16.0 Å². The maximum atomic E-state index is 13.8. The second-order valence-electron chi connectivity index (χ2n) is 6.11. The second kappa shape index (κ2) is 7.13. The lowest BCUT2D eigenvalue weighted by Gasteiger charge is -2.22. The van der Waals surface area contributed by atoms with Crippen LogP contribution in [0, 0.1) is 11.6 Å². The third-order valence-corrected chi connectivity index (χ3v) is 4.42. The average Bonchev–Trinajstić information content (AvgIpc) is 2.57. The highest BCUT2D eigenvalue weighted by Gasteiger charge is 2.33. The molecule has 130 valence electrons. The summed E-state index contributed by atoms with van der Waals surface area (Å²) in [5, 5.41) is 0. The van der Waals surface area contributed by atoms with Crippen molar-refractivity contribution in [2.75, 3.05) is 0 Å². The molecule has 1 saturated carbocycles. The van der Waals surface area contributed by atoms with E-state index in [4.69, 9.17) is 4.74 Å². The van der Waals surface area contributed by atoms with Crippen LogP contribution in [0.3, 0.4) is 0 Å². The molecule has 0 saturated heterocycles. The lowest BCUT2D eigenvalue weighted by Crippen LogP contribution is -2.27. The van der Waals surface area contributed by atoms with Gasteiger partial charge in [-0.05, 0) is 48.2 Å². The largest absolute Gasteiger partial charge is 0.454 e. The predicted octanol–water partition coefficient (Wildman–Crippen LogP) is 4.73. The first kappa shape index (κ1) is 17.3. The minimum Gasteiger partial charge on any atom is -0.454 e. The summed E-state index contributed by atoms with van der Waals surface area (Å²) in [4.78, 5) is 24.5. The SMILES string of the molecule is CCc1ccc(Oc2ccc(F)cc2F)cc1C1C(=O)CCCC1=O. The Kier molecular flexibility index (Phi) is 4.93. The smallest absolute Gasteiger partial charge is 0.168 e. The number of ether oxygens (including phenoxy) is 1. The third-order valence-electron chi connectivity index (χ3n) is 4.42. The van der Waals surface area contributed by atoms with Crippen LogP contribution >= 0.6 is 0 Å². The van der Waals surface area contributed by atoms with Crippen LogP contribution in [0.5, 0.6) is 11.5 Å². The van der Waals surface area contributed by atoms with Gasteiger partial charge < -0.3 is 4.74 Å². The Hall–Kier alpha value is -2.56. The van der Waals surface area contributed by atoms with Gasteiger partial charge in [0.05, 0.1) is 0 Å². The number of benzene rings is 2. The van der Waals surface area contributed by atoms with Crippen LogP contribution in [0.1, 0.15) is 43.2 Å². The molecule has 25 heavy (non-hydrogen) atoms. The van der Waals surface area contributed by atoms with Gasteiger partial charge in [0.2, 0.25) is 0 Å². The fourth-order valence-corrected chi connectivity index (χ4v) is 3.16. The molecule has 3 nitrogen and oxygen atoms in total. The molecular weight excluding hydrogens is 326 g/mol. The molecule has 0 bridgehead atoms. The molecule has 2 aromatic rings. The molecule has 0 radical (unpaired) electrons. The normalized spacial score (nSPS) is 15.5. The van der Waals surface area contributed by atoms with Gasteiger partial charge in [-0.1, -0.05) is 13.0 Å². The minimum atomic E-state index is -0.814. The van der Waals surface area contributed by atoms with Crippen molar-refractivity contribution in [1.82, 2.24) is 0 Å². The maximum absolute atomic E-state index is 13.8. The van der Waals surface area contributed by atoms with Crippen LogP contribution in [0.4, 0.5) is 8.78 Å². The zero-order valence-electron chi connectivity index (χ0n) is 13.9. The summed E-state index contributed by atoms with van der Waals surface area (Å²) < 4.78 is 32.3. The molecule has 0 N–H and O–H groups in total. The van der Waals surface area contributed by atoms with E-state index in [1.54, 1.807) is 18.2 Å².